The summed E-state index contributed by atoms with van der Waals surface area (Å²) in [5.41, 5.74) is 1.05. The number of anilines is 1. The van der Waals surface area contributed by atoms with Crippen LogP contribution >= 0.6 is 0 Å². The van der Waals surface area contributed by atoms with Crippen LogP contribution in [0.25, 0.3) is 0 Å². The molecule has 1 amide bonds. The molecule has 0 fully saturated rings. The van der Waals surface area contributed by atoms with E-state index in [1.807, 2.05) is 12.1 Å². The topological polar surface area (TPSA) is 73.9 Å². The molecule has 2 rings (SSSR count). The number of carbonyl (C=O) groups excluding carboxylic acids is 2. The van der Waals surface area contributed by atoms with E-state index in [0.29, 0.717) is 29.4 Å². The van der Waals surface area contributed by atoms with Crippen LogP contribution < -0.4 is 14.8 Å². The Bertz CT molecular complexity index is 727. The van der Waals surface area contributed by atoms with E-state index in [-0.39, 0.29) is 5.91 Å². The quantitative estimate of drug-likeness (QED) is 0.781. The third-order valence-electron chi connectivity index (χ3n) is 3.40. The zero-order valence-electron chi connectivity index (χ0n) is 14.4. The number of hydrogen-bond donors (Lipinski definition) is 1. The maximum atomic E-state index is 12.3. The SMILES string of the molecule is CCOC(=O)[C@@H](C)Oc1ccc(C(=O)Nc2ccccc2OC)cc1. The third-order valence-corrected chi connectivity index (χ3v) is 3.40. The monoisotopic (exact) mass is 343 g/mol. The van der Waals surface area contributed by atoms with Gasteiger partial charge in [0.2, 0.25) is 0 Å². The summed E-state index contributed by atoms with van der Waals surface area (Å²) >= 11 is 0. The maximum absolute atomic E-state index is 12.3. The zero-order valence-corrected chi connectivity index (χ0v) is 14.4. The van der Waals surface area contributed by atoms with Gasteiger partial charge in [-0.25, -0.2) is 4.79 Å². The Labute approximate surface area is 146 Å². The summed E-state index contributed by atoms with van der Waals surface area (Å²) in [6.07, 6.45) is -0.715. The number of benzene rings is 2. The molecule has 25 heavy (non-hydrogen) atoms. The lowest BCUT2D eigenvalue weighted by Crippen LogP contribution is -2.26. The molecule has 6 nitrogen and oxygen atoms in total. The molecule has 0 aliphatic rings. The lowest BCUT2D eigenvalue weighted by atomic mass is 10.2. The van der Waals surface area contributed by atoms with Crippen LogP contribution in [0.15, 0.2) is 48.5 Å². The largest absolute Gasteiger partial charge is 0.495 e. The smallest absolute Gasteiger partial charge is 0.347 e. The van der Waals surface area contributed by atoms with Crippen LogP contribution in [0, 0.1) is 0 Å². The summed E-state index contributed by atoms with van der Waals surface area (Å²) in [6.45, 7) is 3.65. The van der Waals surface area contributed by atoms with Crippen LogP contribution in [0.3, 0.4) is 0 Å². The van der Waals surface area contributed by atoms with Crippen LogP contribution in [0.5, 0.6) is 11.5 Å². The molecule has 0 heterocycles. The molecule has 2 aromatic carbocycles. The van der Waals surface area contributed by atoms with E-state index < -0.39 is 12.1 Å². The number of carbonyl (C=O) groups is 2. The second-order valence-electron chi connectivity index (χ2n) is 5.19. The first-order chi connectivity index (χ1) is 12.0. The van der Waals surface area contributed by atoms with Crippen molar-refractivity contribution in [3.63, 3.8) is 0 Å². The lowest BCUT2D eigenvalue weighted by Gasteiger charge is -2.14. The van der Waals surface area contributed by atoms with Gasteiger partial charge in [0, 0.05) is 5.56 Å². The highest BCUT2D eigenvalue weighted by Crippen LogP contribution is 2.24. The van der Waals surface area contributed by atoms with Gasteiger partial charge in [-0.2, -0.15) is 0 Å². The molecule has 0 aliphatic heterocycles. The fourth-order valence-electron chi connectivity index (χ4n) is 2.14. The molecular weight excluding hydrogens is 322 g/mol. The van der Waals surface area contributed by atoms with Crippen molar-refractivity contribution in [3.05, 3.63) is 54.1 Å². The van der Waals surface area contributed by atoms with Crippen molar-refractivity contribution in [1.82, 2.24) is 0 Å². The highest BCUT2D eigenvalue weighted by atomic mass is 16.6. The van der Waals surface area contributed by atoms with E-state index in [2.05, 4.69) is 5.32 Å². The van der Waals surface area contributed by atoms with Gasteiger partial charge in [0.05, 0.1) is 19.4 Å². The minimum Gasteiger partial charge on any atom is -0.495 e. The third kappa shape index (κ3) is 4.97. The minimum absolute atomic E-state index is 0.269. The van der Waals surface area contributed by atoms with E-state index in [1.54, 1.807) is 57.4 Å². The Morgan fingerprint density at radius 2 is 1.76 bits per heavy atom. The van der Waals surface area contributed by atoms with Gasteiger partial charge in [-0.3, -0.25) is 4.79 Å². The normalized spacial score (nSPS) is 11.3. The fourth-order valence-corrected chi connectivity index (χ4v) is 2.14. The molecule has 0 aromatic heterocycles. The molecule has 0 bridgehead atoms. The van der Waals surface area contributed by atoms with Crippen LogP contribution in [-0.2, 0) is 9.53 Å². The van der Waals surface area contributed by atoms with Gasteiger partial charge in [0.25, 0.3) is 5.91 Å². The molecule has 2 aromatic rings. The Hall–Kier alpha value is -3.02. The summed E-state index contributed by atoms with van der Waals surface area (Å²) in [5, 5.41) is 2.79. The molecule has 0 saturated heterocycles. The molecule has 1 atom stereocenters. The molecule has 0 spiro atoms. The fraction of sp³-hybridized carbons (Fsp3) is 0.263. The first kappa shape index (κ1) is 18.3. The van der Waals surface area contributed by atoms with Crippen molar-refractivity contribution in [2.75, 3.05) is 19.0 Å². The molecule has 0 saturated carbocycles. The Morgan fingerprint density at radius 1 is 1.08 bits per heavy atom. The Kier molecular flexibility index (Phi) is 6.39. The van der Waals surface area contributed by atoms with Crippen molar-refractivity contribution in [1.29, 1.82) is 0 Å². The highest BCUT2D eigenvalue weighted by Gasteiger charge is 2.16. The predicted octanol–water partition coefficient (Wildman–Crippen LogP) is 3.28. The average molecular weight is 343 g/mol. The number of nitrogens with one attached hydrogen (secondary N) is 1. The van der Waals surface area contributed by atoms with Gasteiger partial charge < -0.3 is 19.5 Å². The summed E-state index contributed by atoms with van der Waals surface area (Å²) in [7, 11) is 1.54. The number of para-hydroxylation sites is 2. The highest BCUT2D eigenvalue weighted by molar-refractivity contribution is 6.05. The number of amides is 1. The second-order valence-corrected chi connectivity index (χ2v) is 5.19. The summed E-state index contributed by atoms with van der Waals surface area (Å²) < 4.78 is 15.6. The van der Waals surface area contributed by atoms with Crippen molar-refractivity contribution in [2.45, 2.75) is 20.0 Å². The number of ether oxygens (including phenoxy) is 3. The van der Waals surface area contributed by atoms with Crippen molar-refractivity contribution in [2.24, 2.45) is 0 Å². The average Bonchev–Trinajstić information content (AvgIpc) is 2.63. The van der Waals surface area contributed by atoms with Gasteiger partial charge in [0.1, 0.15) is 11.5 Å². The van der Waals surface area contributed by atoms with Crippen LogP contribution in [0.1, 0.15) is 24.2 Å². The molecule has 1 N–H and O–H groups in total. The maximum Gasteiger partial charge on any atom is 0.347 e. The van der Waals surface area contributed by atoms with Crippen LogP contribution in [0.2, 0.25) is 0 Å². The number of rotatable bonds is 7. The first-order valence-corrected chi connectivity index (χ1v) is 7.93. The van der Waals surface area contributed by atoms with E-state index >= 15 is 0 Å². The van der Waals surface area contributed by atoms with E-state index in [0.717, 1.165) is 0 Å². The zero-order chi connectivity index (χ0) is 18.2. The van der Waals surface area contributed by atoms with Gasteiger partial charge in [-0.05, 0) is 50.2 Å². The predicted molar refractivity (Wildman–Crippen MR) is 94.1 cm³/mol. The Balaban J connectivity index is 2.01. The van der Waals surface area contributed by atoms with Gasteiger partial charge >= 0.3 is 5.97 Å². The van der Waals surface area contributed by atoms with Gasteiger partial charge in [-0.1, -0.05) is 12.1 Å². The van der Waals surface area contributed by atoms with Gasteiger partial charge in [0.15, 0.2) is 6.10 Å². The van der Waals surface area contributed by atoms with E-state index in [9.17, 15) is 9.59 Å². The molecule has 0 radical (unpaired) electrons. The van der Waals surface area contributed by atoms with Crippen LogP contribution in [-0.4, -0.2) is 31.7 Å². The molecule has 6 heteroatoms. The number of esters is 1. The van der Waals surface area contributed by atoms with Crippen LogP contribution in [0.4, 0.5) is 5.69 Å². The molecular formula is C19H21NO5. The van der Waals surface area contributed by atoms with E-state index in [4.69, 9.17) is 14.2 Å². The first-order valence-electron chi connectivity index (χ1n) is 7.93. The molecule has 0 aliphatic carbocycles. The second kappa shape index (κ2) is 8.73. The van der Waals surface area contributed by atoms with E-state index in [1.165, 1.54) is 0 Å². The lowest BCUT2D eigenvalue weighted by molar-refractivity contribution is -0.150. The standard InChI is InChI=1S/C19H21NO5/c1-4-24-19(22)13(2)25-15-11-9-14(10-12-15)18(21)20-16-7-5-6-8-17(16)23-3/h5-13H,4H2,1-3H3,(H,20,21)/t13-/m1/s1. The Morgan fingerprint density at radius 3 is 2.40 bits per heavy atom. The van der Waals surface area contributed by atoms with Crippen molar-refractivity contribution in [3.8, 4) is 11.5 Å². The number of methoxy groups -OCH3 is 1. The molecule has 0 unspecified atom stereocenters. The van der Waals surface area contributed by atoms with Crippen molar-refractivity contribution >= 4 is 17.6 Å². The van der Waals surface area contributed by atoms with Crippen molar-refractivity contribution < 1.29 is 23.8 Å². The minimum atomic E-state index is -0.715. The number of hydrogen-bond acceptors (Lipinski definition) is 5. The van der Waals surface area contributed by atoms with Gasteiger partial charge in [-0.15, -0.1) is 0 Å². The summed E-state index contributed by atoms with van der Waals surface area (Å²) in [6, 6.07) is 13.7. The summed E-state index contributed by atoms with van der Waals surface area (Å²) in [5.74, 6) is 0.364. The summed E-state index contributed by atoms with van der Waals surface area (Å²) in [4.78, 5) is 23.9. The molecule has 132 valence electrons.